The SMILES string of the molecule is CCc1ccc(N(CC(=O)N(Cc2ccc(OC)cc2)C(CC)C(=O)NC2CCCC2)S(=O)(=O)c2ccccc2)cc1. The fraction of sp³-hybridized carbons (Fsp3) is 0.394. The van der Waals surface area contributed by atoms with E-state index in [1.807, 2.05) is 38.1 Å². The van der Waals surface area contributed by atoms with Crippen LogP contribution < -0.4 is 14.4 Å². The molecular formula is C33H41N3O5S. The van der Waals surface area contributed by atoms with E-state index in [1.165, 1.54) is 17.0 Å². The maximum absolute atomic E-state index is 14.2. The van der Waals surface area contributed by atoms with Crippen molar-refractivity contribution in [3.8, 4) is 5.75 Å². The van der Waals surface area contributed by atoms with Gasteiger partial charge in [-0.25, -0.2) is 8.42 Å². The van der Waals surface area contributed by atoms with Crippen LogP contribution >= 0.6 is 0 Å². The van der Waals surface area contributed by atoms with Gasteiger partial charge >= 0.3 is 0 Å². The van der Waals surface area contributed by atoms with Gasteiger partial charge in [0.2, 0.25) is 11.8 Å². The number of amides is 2. The molecule has 1 aliphatic carbocycles. The molecule has 1 N–H and O–H groups in total. The lowest BCUT2D eigenvalue weighted by Gasteiger charge is -2.33. The molecule has 4 rings (SSSR count). The molecule has 1 fully saturated rings. The smallest absolute Gasteiger partial charge is 0.264 e. The summed E-state index contributed by atoms with van der Waals surface area (Å²) in [6, 6.07) is 21.9. The summed E-state index contributed by atoms with van der Waals surface area (Å²) in [5.74, 6) is 0.00708. The number of anilines is 1. The highest BCUT2D eigenvalue weighted by molar-refractivity contribution is 7.92. The third-order valence-corrected chi connectivity index (χ3v) is 9.63. The van der Waals surface area contributed by atoms with E-state index in [9.17, 15) is 18.0 Å². The van der Waals surface area contributed by atoms with Crippen molar-refractivity contribution in [2.24, 2.45) is 0 Å². The number of carbonyl (C=O) groups is 2. The molecule has 2 amide bonds. The summed E-state index contributed by atoms with van der Waals surface area (Å²) in [6.07, 6.45) is 5.17. The normalized spacial score (nSPS) is 14.3. The molecule has 0 saturated heterocycles. The first kappa shape index (κ1) is 31.1. The number of rotatable bonds is 13. The van der Waals surface area contributed by atoms with Gasteiger partial charge in [0.1, 0.15) is 18.3 Å². The van der Waals surface area contributed by atoms with E-state index >= 15 is 0 Å². The lowest BCUT2D eigenvalue weighted by atomic mass is 10.1. The van der Waals surface area contributed by atoms with Crippen LogP contribution in [0.5, 0.6) is 5.75 Å². The topological polar surface area (TPSA) is 96.0 Å². The van der Waals surface area contributed by atoms with Crippen LogP contribution in [0.1, 0.15) is 57.1 Å². The molecule has 3 aromatic rings. The lowest BCUT2D eigenvalue weighted by Crippen LogP contribution is -2.53. The Kier molecular flexibility index (Phi) is 10.6. The average Bonchev–Trinajstić information content (AvgIpc) is 3.53. The highest BCUT2D eigenvalue weighted by Crippen LogP contribution is 2.26. The molecule has 0 spiro atoms. The molecule has 8 nitrogen and oxygen atoms in total. The highest BCUT2D eigenvalue weighted by atomic mass is 32.2. The van der Waals surface area contributed by atoms with Crippen LogP contribution in [0, 0.1) is 0 Å². The minimum atomic E-state index is -4.09. The fourth-order valence-electron chi connectivity index (χ4n) is 5.36. The van der Waals surface area contributed by atoms with E-state index in [-0.39, 0.29) is 23.4 Å². The fourth-order valence-corrected chi connectivity index (χ4v) is 6.80. The Morgan fingerprint density at radius 2 is 1.52 bits per heavy atom. The minimum Gasteiger partial charge on any atom is -0.497 e. The molecule has 9 heteroatoms. The molecule has 1 unspecified atom stereocenters. The van der Waals surface area contributed by atoms with Gasteiger partial charge in [-0.3, -0.25) is 13.9 Å². The lowest BCUT2D eigenvalue weighted by molar-refractivity contribution is -0.140. The first-order chi connectivity index (χ1) is 20.3. The van der Waals surface area contributed by atoms with E-state index in [1.54, 1.807) is 49.6 Å². The zero-order valence-corrected chi connectivity index (χ0v) is 25.5. The quantitative estimate of drug-likeness (QED) is 0.290. The van der Waals surface area contributed by atoms with Crippen LogP contribution in [0.4, 0.5) is 5.69 Å². The van der Waals surface area contributed by atoms with Crippen molar-refractivity contribution in [2.45, 2.75) is 75.9 Å². The summed E-state index contributed by atoms with van der Waals surface area (Å²) in [6.45, 7) is 3.59. The molecule has 0 aromatic heterocycles. The van der Waals surface area contributed by atoms with Crippen LogP contribution in [0.25, 0.3) is 0 Å². The number of hydrogen-bond donors (Lipinski definition) is 1. The minimum absolute atomic E-state index is 0.0880. The Hall–Kier alpha value is -3.85. The van der Waals surface area contributed by atoms with Crippen molar-refractivity contribution in [1.29, 1.82) is 0 Å². The van der Waals surface area contributed by atoms with Gasteiger partial charge in [-0.15, -0.1) is 0 Å². The summed E-state index contributed by atoms with van der Waals surface area (Å²) in [4.78, 5) is 29.4. The third-order valence-electron chi connectivity index (χ3n) is 7.84. The molecule has 0 radical (unpaired) electrons. The van der Waals surface area contributed by atoms with Gasteiger partial charge in [0, 0.05) is 12.6 Å². The number of carbonyl (C=O) groups excluding carboxylic acids is 2. The highest BCUT2D eigenvalue weighted by Gasteiger charge is 2.34. The van der Waals surface area contributed by atoms with E-state index in [2.05, 4.69) is 5.32 Å². The predicted molar refractivity (Wildman–Crippen MR) is 165 cm³/mol. The van der Waals surface area contributed by atoms with Crippen LogP contribution in [-0.4, -0.2) is 50.9 Å². The van der Waals surface area contributed by atoms with Gasteiger partial charge in [0.15, 0.2) is 0 Å². The maximum atomic E-state index is 14.2. The van der Waals surface area contributed by atoms with Crippen molar-refractivity contribution in [1.82, 2.24) is 10.2 Å². The van der Waals surface area contributed by atoms with E-state index in [0.29, 0.717) is 17.9 Å². The predicted octanol–water partition coefficient (Wildman–Crippen LogP) is 5.32. The Labute approximate surface area is 249 Å². The van der Waals surface area contributed by atoms with Gasteiger partial charge in [-0.1, -0.05) is 69.2 Å². The average molecular weight is 592 g/mol. The van der Waals surface area contributed by atoms with Crippen molar-refractivity contribution in [2.75, 3.05) is 18.0 Å². The van der Waals surface area contributed by atoms with Gasteiger partial charge in [0.25, 0.3) is 10.0 Å². The second-order valence-corrected chi connectivity index (χ2v) is 12.5. The monoisotopic (exact) mass is 591 g/mol. The number of hydrogen-bond acceptors (Lipinski definition) is 5. The Morgan fingerprint density at radius 3 is 2.10 bits per heavy atom. The van der Waals surface area contributed by atoms with Crippen LogP contribution in [0.2, 0.25) is 0 Å². The summed E-state index contributed by atoms with van der Waals surface area (Å²) in [5.41, 5.74) is 2.25. The van der Waals surface area contributed by atoms with Crippen molar-refractivity contribution < 1.29 is 22.7 Å². The molecular weight excluding hydrogens is 550 g/mol. The first-order valence-electron chi connectivity index (χ1n) is 14.7. The number of sulfonamides is 1. The van der Waals surface area contributed by atoms with E-state index < -0.39 is 28.5 Å². The Balaban J connectivity index is 1.70. The second kappa shape index (κ2) is 14.4. The molecule has 3 aromatic carbocycles. The standard InChI is InChI=1S/C33H41N3O5S/c1-4-25-15-19-28(20-16-25)36(42(39,40)30-13-7-6-8-14-30)24-32(37)35(23-26-17-21-29(41-3)22-18-26)31(5-2)33(38)34-27-11-9-10-12-27/h6-8,13-22,27,31H,4-5,9-12,23-24H2,1-3H3,(H,34,38). The molecule has 224 valence electrons. The van der Waals surface area contributed by atoms with Crippen LogP contribution in [-0.2, 0) is 32.6 Å². The molecule has 1 saturated carbocycles. The zero-order chi connectivity index (χ0) is 30.1. The van der Waals surface area contributed by atoms with Gasteiger partial charge in [-0.2, -0.15) is 0 Å². The van der Waals surface area contributed by atoms with Gasteiger partial charge in [0.05, 0.1) is 17.7 Å². The number of benzene rings is 3. The Bertz CT molecular complexity index is 1420. The van der Waals surface area contributed by atoms with Crippen molar-refractivity contribution in [3.05, 3.63) is 90.0 Å². The molecule has 0 aliphatic heterocycles. The number of aryl methyl sites for hydroxylation is 1. The number of nitrogens with zero attached hydrogens (tertiary/aromatic N) is 2. The summed E-state index contributed by atoms with van der Waals surface area (Å²) in [7, 11) is -2.50. The van der Waals surface area contributed by atoms with Gasteiger partial charge in [-0.05, 0) is 73.2 Å². The first-order valence-corrected chi connectivity index (χ1v) is 16.1. The molecule has 1 atom stereocenters. The van der Waals surface area contributed by atoms with Gasteiger partial charge < -0.3 is 15.0 Å². The van der Waals surface area contributed by atoms with Crippen LogP contribution in [0.3, 0.4) is 0 Å². The largest absolute Gasteiger partial charge is 0.497 e. The number of nitrogens with one attached hydrogen (secondary N) is 1. The molecule has 0 bridgehead atoms. The summed E-state index contributed by atoms with van der Waals surface area (Å²) >= 11 is 0. The number of ether oxygens (including phenoxy) is 1. The molecule has 0 heterocycles. The Morgan fingerprint density at radius 1 is 0.905 bits per heavy atom. The molecule has 42 heavy (non-hydrogen) atoms. The second-order valence-electron chi connectivity index (χ2n) is 10.6. The van der Waals surface area contributed by atoms with Crippen molar-refractivity contribution in [3.63, 3.8) is 0 Å². The summed E-state index contributed by atoms with van der Waals surface area (Å²) < 4.78 is 34.3. The zero-order valence-electron chi connectivity index (χ0n) is 24.7. The maximum Gasteiger partial charge on any atom is 0.264 e. The third kappa shape index (κ3) is 7.50. The van der Waals surface area contributed by atoms with Crippen LogP contribution in [0.15, 0.2) is 83.8 Å². The number of methoxy groups -OCH3 is 1. The molecule has 1 aliphatic rings. The van der Waals surface area contributed by atoms with Crippen molar-refractivity contribution >= 4 is 27.5 Å². The van der Waals surface area contributed by atoms with E-state index in [4.69, 9.17) is 4.74 Å². The van der Waals surface area contributed by atoms with E-state index in [0.717, 1.165) is 47.5 Å². The summed E-state index contributed by atoms with van der Waals surface area (Å²) in [5, 5.41) is 3.14.